The van der Waals surface area contributed by atoms with Gasteiger partial charge in [-0.2, -0.15) is 0 Å². The van der Waals surface area contributed by atoms with E-state index in [9.17, 15) is 4.79 Å². The molecule has 2 aromatic rings. The zero-order chi connectivity index (χ0) is 19.5. The van der Waals surface area contributed by atoms with Crippen LogP contribution in [0.15, 0.2) is 29.2 Å². The van der Waals surface area contributed by atoms with Gasteiger partial charge in [-0.15, -0.1) is 11.8 Å². The lowest BCUT2D eigenvalue weighted by atomic mass is 10.2. The second-order valence-electron chi connectivity index (χ2n) is 4.96. The molecule has 0 fully saturated rings. The van der Waals surface area contributed by atoms with Crippen molar-refractivity contribution in [2.75, 3.05) is 5.75 Å². The molecule has 0 unspecified atom stereocenters. The van der Waals surface area contributed by atoms with Crippen LogP contribution in [0.1, 0.15) is 18.1 Å². The standard InChI is InChI=1S/C14H10Cl6N4OS/c15-13(16,17)11-22-10(23-12(24-11)14(18,19)20)7-1-3-8(4-2-7)26-6-5-9(21)25/h1-4H,5-6H2,(H2,21,25)/p+1. The molecular weight excluding hydrogens is 485 g/mol. The summed E-state index contributed by atoms with van der Waals surface area (Å²) in [6.45, 7) is 0. The van der Waals surface area contributed by atoms with Gasteiger partial charge in [-0.1, -0.05) is 81.7 Å². The molecule has 5 nitrogen and oxygen atoms in total. The van der Waals surface area contributed by atoms with E-state index in [2.05, 4.69) is 20.7 Å². The van der Waals surface area contributed by atoms with Crippen molar-refractivity contribution in [2.45, 2.75) is 18.9 Å². The molecule has 1 heterocycles. The third kappa shape index (κ3) is 6.53. The van der Waals surface area contributed by atoms with Crippen molar-refractivity contribution < 1.29 is 10.5 Å². The molecule has 3 N–H and O–H groups in total. The Morgan fingerprint density at radius 1 is 0.923 bits per heavy atom. The molecule has 0 aliphatic rings. The molecule has 0 aliphatic carbocycles. The molecule has 2 rings (SSSR count). The third-order valence-corrected chi connectivity index (χ3v) is 4.93. The number of aromatic nitrogens is 3. The van der Waals surface area contributed by atoms with E-state index in [0.29, 0.717) is 17.7 Å². The Kier molecular flexibility index (Phi) is 7.67. The second-order valence-corrected chi connectivity index (χ2v) is 10.7. The summed E-state index contributed by atoms with van der Waals surface area (Å²) in [5.74, 6) is 0.440. The first-order valence-corrected chi connectivity index (χ1v) is 10.2. The van der Waals surface area contributed by atoms with E-state index in [1.165, 1.54) is 11.8 Å². The highest BCUT2D eigenvalue weighted by Gasteiger charge is 2.34. The van der Waals surface area contributed by atoms with Crippen LogP contribution in [-0.4, -0.2) is 26.6 Å². The molecule has 12 heteroatoms. The summed E-state index contributed by atoms with van der Waals surface area (Å²) < 4.78 is -3.81. The summed E-state index contributed by atoms with van der Waals surface area (Å²) >= 11 is 36.7. The number of carbonyl (C=O) groups is 1. The number of rotatable bonds is 5. The molecule has 0 bridgehead atoms. The first-order chi connectivity index (χ1) is 12.0. The topological polar surface area (TPSA) is 83.4 Å². The highest BCUT2D eigenvalue weighted by atomic mass is 35.6. The molecule has 1 amide bonds. The van der Waals surface area contributed by atoms with E-state index in [1.807, 2.05) is 12.1 Å². The van der Waals surface area contributed by atoms with Crippen molar-refractivity contribution in [1.29, 1.82) is 0 Å². The number of hydrogen-bond donors (Lipinski definition) is 1. The average molecular weight is 496 g/mol. The Bertz CT molecular complexity index is 759. The molecule has 0 spiro atoms. The highest BCUT2D eigenvalue weighted by Crippen LogP contribution is 2.40. The van der Waals surface area contributed by atoms with Crippen LogP contribution in [0.25, 0.3) is 11.4 Å². The summed E-state index contributed by atoms with van der Waals surface area (Å²) in [6.07, 6.45) is 0.402. The van der Waals surface area contributed by atoms with Crippen molar-refractivity contribution in [3.8, 4) is 11.4 Å². The Labute approximate surface area is 183 Å². The quantitative estimate of drug-likeness (QED) is 0.489. The number of carbonyl (C=O) groups excluding carboxylic acids is 1. The fourth-order valence-corrected chi connectivity index (χ4v) is 3.14. The lowest BCUT2D eigenvalue weighted by Crippen LogP contribution is -2.56. The molecule has 0 aliphatic heterocycles. The average Bonchev–Trinajstić information content (AvgIpc) is 2.53. The van der Waals surface area contributed by atoms with Crippen molar-refractivity contribution in [3.05, 3.63) is 35.9 Å². The number of hydrogen-bond acceptors (Lipinski definition) is 5. The summed E-state index contributed by atoms with van der Waals surface area (Å²) in [6, 6.07) is 7.24. The van der Waals surface area contributed by atoms with Gasteiger partial charge in [0, 0.05) is 16.2 Å². The molecule has 1 aromatic carbocycles. The molecule has 140 valence electrons. The summed E-state index contributed by atoms with van der Waals surface area (Å²) in [7, 11) is 0. The summed E-state index contributed by atoms with van der Waals surface area (Å²) in [4.78, 5) is 24.1. The zero-order valence-corrected chi connectivity index (χ0v) is 18.2. The lowest BCUT2D eigenvalue weighted by Gasteiger charge is -2.15. The molecular formula is C14H11Cl6N4OS+. The fraction of sp³-hybridized carbons (Fsp3) is 0.286. The van der Waals surface area contributed by atoms with Crippen LogP contribution in [-0.2, 0) is 12.4 Å². The van der Waals surface area contributed by atoms with Gasteiger partial charge >= 0.3 is 5.91 Å². The predicted molar refractivity (Wildman–Crippen MR) is 107 cm³/mol. The van der Waals surface area contributed by atoms with E-state index in [1.54, 1.807) is 12.1 Å². The van der Waals surface area contributed by atoms with Crippen molar-refractivity contribution >= 4 is 87.3 Å². The lowest BCUT2D eigenvalue weighted by molar-refractivity contribution is -0.305. The van der Waals surface area contributed by atoms with Gasteiger partial charge in [0.2, 0.25) is 7.59 Å². The number of benzene rings is 1. The van der Waals surface area contributed by atoms with Crippen molar-refractivity contribution in [2.24, 2.45) is 0 Å². The van der Waals surface area contributed by atoms with Gasteiger partial charge in [-0.25, -0.2) is 19.7 Å². The molecule has 0 atom stereocenters. The van der Waals surface area contributed by atoms with Crippen LogP contribution in [0.5, 0.6) is 0 Å². The number of amides is 1. The first kappa shape index (κ1) is 22.2. The summed E-state index contributed by atoms with van der Waals surface area (Å²) in [5.41, 5.74) is 3.96. The second kappa shape index (κ2) is 8.97. The number of nitrogens with zero attached hydrogens (tertiary/aromatic N) is 3. The van der Waals surface area contributed by atoms with Crippen LogP contribution in [0.3, 0.4) is 0 Å². The monoisotopic (exact) mass is 493 g/mol. The van der Waals surface area contributed by atoms with E-state index in [4.69, 9.17) is 69.6 Å². The minimum absolute atomic E-state index is 0.0993. The number of thioether (sulfide) groups is 1. The first-order valence-electron chi connectivity index (χ1n) is 6.95. The van der Waals surface area contributed by atoms with Gasteiger partial charge in [-0.05, 0) is 12.1 Å². The van der Waals surface area contributed by atoms with Crippen molar-refractivity contribution in [3.63, 3.8) is 0 Å². The largest absolute Gasteiger partial charge is 0.309 e. The van der Waals surface area contributed by atoms with E-state index < -0.39 is 7.59 Å². The predicted octanol–water partition coefficient (Wildman–Crippen LogP) is 4.44. The van der Waals surface area contributed by atoms with Crippen LogP contribution in [0.4, 0.5) is 0 Å². The molecule has 0 saturated heterocycles. The highest BCUT2D eigenvalue weighted by molar-refractivity contribution is 7.99. The molecule has 0 saturated carbocycles. The van der Waals surface area contributed by atoms with E-state index >= 15 is 0 Å². The minimum atomic E-state index is -1.90. The molecule has 26 heavy (non-hydrogen) atoms. The van der Waals surface area contributed by atoms with Crippen molar-refractivity contribution in [1.82, 2.24) is 15.0 Å². The Hall–Kier alpha value is -0.0500. The van der Waals surface area contributed by atoms with Gasteiger partial charge in [0.1, 0.15) is 0 Å². The maximum atomic E-state index is 10.9. The maximum Gasteiger partial charge on any atom is 0.309 e. The Morgan fingerprint density at radius 2 is 1.42 bits per heavy atom. The van der Waals surface area contributed by atoms with Crippen LogP contribution < -0.4 is 5.73 Å². The Morgan fingerprint density at radius 3 is 1.85 bits per heavy atom. The van der Waals surface area contributed by atoms with Gasteiger partial charge < -0.3 is 0 Å². The smallest absolute Gasteiger partial charge is 0.295 e. The van der Waals surface area contributed by atoms with Gasteiger partial charge in [0.05, 0.1) is 6.42 Å². The number of quaternary nitrogens is 1. The molecule has 0 radical (unpaired) electrons. The van der Waals surface area contributed by atoms with Gasteiger partial charge in [0.15, 0.2) is 17.5 Å². The number of halogens is 6. The third-order valence-electron chi connectivity index (χ3n) is 2.90. The van der Waals surface area contributed by atoms with Crippen LogP contribution in [0.2, 0.25) is 0 Å². The van der Waals surface area contributed by atoms with Gasteiger partial charge in [-0.3, -0.25) is 5.73 Å². The Balaban J connectivity index is 2.33. The van der Waals surface area contributed by atoms with Crippen LogP contribution >= 0.6 is 81.4 Å². The van der Waals surface area contributed by atoms with E-state index in [0.717, 1.165) is 4.90 Å². The molecule has 1 aromatic heterocycles. The SMILES string of the molecule is [NH3+]C(=O)CCSc1ccc(-c2nc(C(Cl)(Cl)Cl)nc(C(Cl)(Cl)Cl)n2)cc1. The van der Waals surface area contributed by atoms with E-state index in [-0.39, 0.29) is 23.4 Å². The zero-order valence-electron chi connectivity index (χ0n) is 12.9. The summed E-state index contributed by atoms with van der Waals surface area (Å²) in [5, 5.41) is 0. The normalized spacial score (nSPS) is 12.3. The van der Waals surface area contributed by atoms with Crippen LogP contribution in [0, 0.1) is 0 Å². The van der Waals surface area contributed by atoms with Gasteiger partial charge in [0.25, 0.3) is 0 Å². The number of alkyl halides is 6. The fourth-order valence-electron chi connectivity index (χ4n) is 1.74. The minimum Gasteiger partial charge on any atom is -0.295 e. The maximum absolute atomic E-state index is 10.9.